The summed E-state index contributed by atoms with van der Waals surface area (Å²) in [4.78, 5) is 11.8. The number of hydrogen-bond acceptors (Lipinski definition) is 5. The van der Waals surface area contributed by atoms with E-state index in [1.54, 1.807) is 6.92 Å². The lowest BCUT2D eigenvalue weighted by atomic mass is 10.2. The molecule has 0 atom stereocenters. The monoisotopic (exact) mass is 325 g/mol. The van der Waals surface area contributed by atoms with Crippen LogP contribution in [0, 0.1) is 6.92 Å². The molecule has 0 spiro atoms. The summed E-state index contributed by atoms with van der Waals surface area (Å²) in [5.41, 5.74) is 5.54. The van der Waals surface area contributed by atoms with Crippen LogP contribution in [0.3, 0.4) is 0 Å². The Bertz CT molecular complexity index is 554. The Balaban J connectivity index is 0.00000361. The number of carbonyl (C=O) groups excluding carboxylic acids is 1. The number of nitrogens with two attached hydrogens (primary N) is 1. The SMILES string of the molecule is Cc1oc(S(=O)(=O)N(C)C)cc1C(=O)NCCCN.Cl. The fourth-order valence-electron chi connectivity index (χ4n) is 1.39. The van der Waals surface area contributed by atoms with Crippen molar-refractivity contribution in [2.75, 3.05) is 27.2 Å². The van der Waals surface area contributed by atoms with Gasteiger partial charge in [0.25, 0.3) is 15.9 Å². The van der Waals surface area contributed by atoms with Crippen LogP contribution in [0.5, 0.6) is 0 Å². The third kappa shape index (κ3) is 4.20. The third-order valence-electron chi connectivity index (χ3n) is 2.54. The van der Waals surface area contributed by atoms with Gasteiger partial charge in [-0.1, -0.05) is 0 Å². The van der Waals surface area contributed by atoms with Crippen LogP contribution in [0.4, 0.5) is 0 Å². The molecule has 0 saturated carbocycles. The molecule has 0 aromatic carbocycles. The molecule has 0 radical (unpaired) electrons. The summed E-state index contributed by atoms with van der Waals surface area (Å²) >= 11 is 0. The maximum Gasteiger partial charge on any atom is 0.275 e. The highest BCUT2D eigenvalue weighted by atomic mass is 35.5. The van der Waals surface area contributed by atoms with Crippen molar-refractivity contribution in [3.8, 4) is 0 Å². The molecule has 0 fully saturated rings. The molecular formula is C11H20ClN3O4S. The molecule has 0 aliphatic carbocycles. The highest BCUT2D eigenvalue weighted by molar-refractivity contribution is 7.88. The summed E-state index contributed by atoms with van der Waals surface area (Å²) in [6, 6.07) is 1.24. The first-order valence-electron chi connectivity index (χ1n) is 5.82. The molecule has 0 bridgehead atoms. The number of furan rings is 1. The predicted octanol–water partition coefficient (Wildman–Crippen LogP) is 0.339. The van der Waals surface area contributed by atoms with Crippen molar-refractivity contribution in [2.24, 2.45) is 5.73 Å². The van der Waals surface area contributed by atoms with E-state index >= 15 is 0 Å². The number of carbonyl (C=O) groups is 1. The normalized spacial score (nSPS) is 11.2. The summed E-state index contributed by atoms with van der Waals surface area (Å²) in [6.07, 6.45) is 0.658. The summed E-state index contributed by atoms with van der Waals surface area (Å²) in [5, 5.41) is 2.41. The number of nitrogens with zero attached hydrogens (tertiary/aromatic N) is 1. The molecule has 0 aliphatic rings. The van der Waals surface area contributed by atoms with Gasteiger partial charge in [0.1, 0.15) is 5.76 Å². The van der Waals surface area contributed by atoms with E-state index in [4.69, 9.17) is 10.2 Å². The van der Waals surface area contributed by atoms with E-state index in [1.165, 1.54) is 20.2 Å². The number of halogens is 1. The average molecular weight is 326 g/mol. The van der Waals surface area contributed by atoms with Crippen molar-refractivity contribution in [1.29, 1.82) is 0 Å². The van der Waals surface area contributed by atoms with Crippen molar-refractivity contribution in [1.82, 2.24) is 9.62 Å². The van der Waals surface area contributed by atoms with Crippen molar-refractivity contribution >= 4 is 28.3 Å². The molecule has 1 aromatic heterocycles. The lowest BCUT2D eigenvalue weighted by Crippen LogP contribution is -2.26. The maximum atomic E-state index is 11.9. The Labute approximate surface area is 125 Å². The Kier molecular flexibility index (Phi) is 7.21. The zero-order valence-electron chi connectivity index (χ0n) is 11.7. The Morgan fingerprint density at radius 1 is 1.45 bits per heavy atom. The molecule has 7 nitrogen and oxygen atoms in total. The van der Waals surface area contributed by atoms with Crippen molar-refractivity contribution in [3.05, 3.63) is 17.4 Å². The van der Waals surface area contributed by atoms with E-state index in [-0.39, 0.29) is 34.7 Å². The molecule has 1 heterocycles. The second-order valence-corrected chi connectivity index (χ2v) is 6.30. The minimum atomic E-state index is -3.67. The van der Waals surface area contributed by atoms with Crippen molar-refractivity contribution in [2.45, 2.75) is 18.4 Å². The predicted molar refractivity (Wildman–Crippen MR) is 77.6 cm³/mol. The number of amides is 1. The fraction of sp³-hybridized carbons (Fsp3) is 0.545. The van der Waals surface area contributed by atoms with Gasteiger partial charge in [0.15, 0.2) is 0 Å². The van der Waals surface area contributed by atoms with Crippen LogP contribution in [-0.4, -0.2) is 45.8 Å². The smallest absolute Gasteiger partial charge is 0.275 e. The first kappa shape index (κ1) is 18.9. The van der Waals surface area contributed by atoms with Gasteiger partial charge >= 0.3 is 0 Å². The van der Waals surface area contributed by atoms with Gasteiger partial charge in [-0.2, -0.15) is 0 Å². The molecule has 116 valence electrons. The molecule has 1 aromatic rings. The zero-order valence-corrected chi connectivity index (χ0v) is 13.3. The second-order valence-electron chi connectivity index (χ2n) is 4.22. The standard InChI is InChI=1S/C11H19N3O4S.ClH/c1-8-9(11(15)13-6-4-5-12)7-10(18-8)19(16,17)14(2)3;/h7H,4-6,12H2,1-3H3,(H,13,15);1H. The highest BCUT2D eigenvalue weighted by Crippen LogP contribution is 2.21. The minimum absolute atomic E-state index is 0. The molecule has 0 aliphatic heterocycles. The molecule has 3 N–H and O–H groups in total. The summed E-state index contributed by atoms with van der Waals surface area (Å²) in [5.74, 6) is -0.0967. The van der Waals surface area contributed by atoms with Crippen LogP contribution in [-0.2, 0) is 10.0 Å². The molecule has 9 heteroatoms. The molecule has 20 heavy (non-hydrogen) atoms. The van der Waals surface area contributed by atoms with E-state index in [2.05, 4.69) is 5.32 Å². The largest absolute Gasteiger partial charge is 0.448 e. The highest BCUT2D eigenvalue weighted by Gasteiger charge is 2.25. The minimum Gasteiger partial charge on any atom is -0.448 e. The Hall–Kier alpha value is -1.09. The van der Waals surface area contributed by atoms with Crippen LogP contribution in [0.15, 0.2) is 15.6 Å². The van der Waals surface area contributed by atoms with Gasteiger partial charge in [-0.15, -0.1) is 12.4 Å². The van der Waals surface area contributed by atoms with E-state index < -0.39 is 10.0 Å². The number of rotatable bonds is 6. The van der Waals surface area contributed by atoms with E-state index in [0.29, 0.717) is 19.5 Å². The topological polar surface area (TPSA) is 106 Å². The third-order valence-corrected chi connectivity index (χ3v) is 4.21. The Morgan fingerprint density at radius 3 is 2.55 bits per heavy atom. The van der Waals surface area contributed by atoms with Gasteiger partial charge in [-0.05, 0) is 19.9 Å². The number of aryl methyl sites for hydroxylation is 1. The van der Waals surface area contributed by atoms with Crippen LogP contribution in [0.25, 0.3) is 0 Å². The molecule has 0 saturated heterocycles. The Morgan fingerprint density at radius 2 is 2.05 bits per heavy atom. The van der Waals surface area contributed by atoms with Gasteiger partial charge in [-0.25, -0.2) is 12.7 Å². The van der Waals surface area contributed by atoms with Crippen LogP contribution in [0.2, 0.25) is 0 Å². The van der Waals surface area contributed by atoms with Crippen molar-refractivity contribution < 1.29 is 17.6 Å². The van der Waals surface area contributed by atoms with Gasteiger partial charge < -0.3 is 15.5 Å². The van der Waals surface area contributed by atoms with Crippen LogP contribution >= 0.6 is 12.4 Å². The molecule has 1 amide bonds. The molecular weight excluding hydrogens is 306 g/mol. The van der Waals surface area contributed by atoms with E-state index in [9.17, 15) is 13.2 Å². The summed E-state index contributed by atoms with van der Waals surface area (Å²) in [6.45, 7) is 2.47. The summed E-state index contributed by atoms with van der Waals surface area (Å²) < 4.78 is 29.9. The zero-order chi connectivity index (χ0) is 14.6. The molecule has 1 rings (SSSR count). The molecule has 0 unspecified atom stereocenters. The maximum absolute atomic E-state index is 11.9. The van der Waals surface area contributed by atoms with Gasteiger partial charge in [0.2, 0.25) is 5.09 Å². The van der Waals surface area contributed by atoms with Crippen LogP contribution < -0.4 is 11.1 Å². The van der Waals surface area contributed by atoms with E-state index in [0.717, 1.165) is 4.31 Å². The average Bonchev–Trinajstić information content (AvgIpc) is 2.72. The lowest BCUT2D eigenvalue weighted by Gasteiger charge is -2.07. The summed E-state index contributed by atoms with van der Waals surface area (Å²) in [7, 11) is -0.877. The van der Waals surface area contributed by atoms with Gasteiger partial charge in [-0.3, -0.25) is 4.79 Å². The first-order valence-corrected chi connectivity index (χ1v) is 7.26. The number of sulfonamides is 1. The number of nitrogens with one attached hydrogen (secondary N) is 1. The first-order chi connectivity index (χ1) is 8.80. The lowest BCUT2D eigenvalue weighted by molar-refractivity contribution is 0.0952. The fourth-order valence-corrected chi connectivity index (χ4v) is 2.24. The van der Waals surface area contributed by atoms with Crippen molar-refractivity contribution in [3.63, 3.8) is 0 Å². The number of hydrogen-bond donors (Lipinski definition) is 2. The van der Waals surface area contributed by atoms with Gasteiger partial charge in [0, 0.05) is 26.7 Å². The van der Waals surface area contributed by atoms with Crippen LogP contribution in [0.1, 0.15) is 22.5 Å². The second kappa shape index (κ2) is 7.63. The van der Waals surface area contributed by atoms with E-state index in [1.807, 2.05) is 0 Å². The van der Waals surface area contributed by atoms with Gasteiger partial charge in [0.05, 0.1) is 5.56 Å². The quantitative estimate of drug-likeness (QED) is 0.734.